The highest BCUT2D eigenvalue weighted by molar-refractivity contribution is 5.94. The summed E-state index contributed by atoms with van der Waals surface area (Å²) in [5, 5.41) is 9.05. The molecule has 1 aliphatic rings. The van der Waals surface area contributed by atoms with Gasteiger partial charge in [0, 0.05) is 38.0 Å². The van der Waals surface area contributed by atoms with E-state index in [2.05, 4.69) is 0 Å². The zero-order valence-electron chi connectivity index (χ0n) is 8.38. The van der Waals surface area contributed by atoms with Crippen LogP contribution in [0.4, 0.5) is 0 Å². The number of rotatable bonds is 1. The Bertz CT molecular complexity index is 446. The van der Waals surface area contributed by atoms with Crippen molar-refractivity contribution in [1.29, 1.82) is 0 Å². The van der Waals surface area contributed by atoms with Gasteiger partial charge in [-0.3, -0.25) is 9.59 Å². The summed E-state index contributed by atoms with van der Waals surface area (Å²) in [7, 11) is 1.63. The van der Waals surface area contributed by atoms with Crippen LogP contribution in [0.25, 0.3) is 0 Å². The third-order valence-electron chi connectivity index (χ3n) is 2.50. The number of amides is 1. The van der Waals surface area contributed by atoms with Crippen molar-refractivity contribution in [2.24, 2.45) is 7.05 Å². The van der Waals surface area contributed by atoms with Gasteiger partial charge < -0.3 is 14.6 Å². The molecule has 0 spiro atoms. The summed E-state index contributed by atoms with van der Waals surface area (Å²) in [4.78, 5) is 24.5. The second kappa shape index (κ2) is 3.51. The van der Waals surface area contributed by atoms with Crippen LogP contribution in [0.1, 0.15) is 10.4 Å². The molecule has 0 atom stereocenters. The summed E-state index contributed by atoms with van der Waals surface area (Å²) in [6.45, 7) is 0.710. The minimum atomic E-state index is -0.416. The van der Waals surface area contributed by atoms with E-state index < -0.39 is 6.10 Å². The van der Waals surface area contributed by atoms with Crippen LogP contribution in [0.15, 0.2) is 23.1 Å². The first-order valence-corrected chi connectivity index (χ1v) is 4.72. The van der Waals surface area contributed by atoms with Crippen molar-refractivity contribution in [3.8, 4) is 0 Å². The number of carbonyl (C=O) groups is 1. The van der Waals surface area contributed by atoms with E-state index in [1.54, 1.807) is 19.3 Å². The Labute approximate surface area is 86.6 Å². The molecule has 15 heavy (non-hydrogen) atoms. The topological polar surface area (TPSA) is 62.5 Å². The minimum absolute atomic E-state index is 0.196. The zero-order chi connectivity index (χ0) is 11.0. The average molecular weight is 208 g/mol. The highest BCUT2D eigenvalue weighted by Crippen LogP contribution is 2.11. The predicted molar refractivity (Wildman–Crippen MR) is 53.6 cm³/mol. The van der Waals surface area contributed by atoms with Crippen LogP contribution in [0.3, 0.4) is 0 Å². The van der Waals surface area contributed by atoms with Crippen molar-refractivity contribution in [3.63, 3.8) is 0 Å². The van der Waals surface area contributed by atoms with Gasteiger partial charge in [-0.05, 0) is 6.07 Å². The Morgan fingerprint density at radius 2 is 2.20 bits per heavy atom. The maximum Gasteiger partial charge on any atom is 0.254 e. The molecule has 1 fully saturated rings. The fourth-order valence-corrected chi connectivity index (χ4v) is 1.49. The molecule has 0 radical (unpaired) electrons. The van der Waals surface area contributed by atoms with Crippen LogP contribution in [0.5, 0.6) is 0 Å². The zero-order valence-corrected chi connectivity index (χ0v) is 8.38. The normalized spacial score (nSPS) is 16.3. The second-order valence-electron chi connectivity index (χ2n) is 3.73. The van der Waals surface area contributed by atoms with Gasteiger partial charge in [0.25, 0.3) is 11.5 Å². The van der Waals surface area contributed by atoms with Gasteiger partial charge in [-0.1, -0.05) is 0 Å². The summed E-state index contributed by atoms with van der Waals surface area (Å²) in [5.41, 5.74) is 0.173. The van der Waals surface area contributed by atoms with E-state index in [-0.39, 0.29) is 11.5 Å². The summed E-state index contributed by atoms with van der Waals surface area (Å²) in [5.74, 6) is -0.196. The summed E-state index contributed by atoms with van der Waals surface area (Å²) in [6, 6.07) is 2.92. The van der Waals surface area contributed by atoms with Gasteiger partial charge in [-0.15, -0.1) is 0 Å². The molecular formula is C10H12N2O3. The molecule has 0 aromatic carbocycles. The number of likely N-dealkylation sites (tertiary alicyclic amines) is 1. The Hall–Kier alpha value is -1.62. The van der Waals surface area contributed by atoms with E-state index in [1.165, 1.54) is 15.5 Å². The minimum Gasteiger partial charge on any atom is -0.389 e. The maximum atomic E-state index is 11.7. The van der Waals surface area contributed by atoms with E-state index in [0.717, 1.165) is 0 Å². The van der Waals surface area contributed by atoms with E-state index in [0.29, 0.717) is 18.7 Å². The molecule has 0 saturated carbocycles. The first-order valence-electron chi connectivity index (χ1n) is 4.72. The molecule has 80 valence electrons. The standard InChI is InChI=1S/C10H12N2O3/c1-11-3-2-7(4-9(11)14)10(15)12-5-8(13)6-12/h2-4,8,13H,5-6H2,1H3. The van der Waals surface area contributed by atoms with Crippen LogP contribution in [-0.2, 0) is 7.05 Å². The van der Waals surface area contributed by atoms with E-state index in [9.17, 15) is 9.59 Å². The molecule has 0 aliphatic carbocycles. The van der Waals surface area contributed by atoms with Crippen molar-refractivity contribution >= 4 is 5.91 Å². The average Bonchev–Trinajstić information content (AvgIpc) is 2.16. The molecular weight excluding hydrogens is 196 g/mol. The molecule has 1 saturated heterocycles. The fourth-order valence-electron chi connectivity index (χ4n) is 1.49. The van der Waals surface area contributed by atoms with Gasteiger partial charge in [-0.2, -0.15) is 0 Å². The van der Waals surface area contributed by atoms with E-state index in [1.807, 2.05) is 0 Å². The number of β-amino-alcohol motifs (C(OH)–C–C–N with tert-alkyl or cyclic N) is 1. The van der Waals surface area contributed by atoms with Crippen molar-refractivity contribution < 1.29 is 9.90 Å². The molecule has 0 unspecified atom stereocenters. The van der Waals surface area contributed by atoms with Crippen molar-refractivity contribution in [2.45, 2.75) is 6.10 Å². The van der Waals surface area contributed by atoms with Crippen LogP contribution >= 0.6 is 0 Å². The Balaban J connectivity index is 2.19. The number of aliphatic hydroxyl groups is 1. The lowest BCUT2D eigenvalue weighted by atomic mass is 10.1. The molecule has 2 rings (SSSR count). The van der Waals surface area contributed by atoms with Crippen molar-refractivity contribution in [3.05, 3.63) is 34.2 Å². The maximum absolute atomic E-state index is 11.7. The summed E-state index contributed by atoms with van der Waals surface area (Å²) >= 11 is 0. The Morgan fingerprint density at radius 3 is 2.73 bits per heavy atom. The van der Waals surface area contributed by atoms with Crippen LogP contribution in [0.2, 0.25) is 0 Å². The predicted octanol–water partition coefficient (Wildman–Crippen LogP) is -0.798. The van der Waals surface area contributed by atoms with Gasteiger partial charge >= 0.3 is 0 Å². The smallest absolute Gasteiger partial charge is 0.254 e. The highest BCUT2D eigenvalue weighted by atomic mass is 16.3. The second-order valence-corrected chi connectivity index (χ2v) is 3.73. The number of aryl methyl sites for hydroxylation is 1. The highest BCUT2D eigenvalue weighted by Gasteiger charge is 2.29. The molecule has 5 nitrogen and oxygen atoms in total. The lowest BCUT2D eigenvalue weighted by molar-refractivity contribution is 0.00587. The number of pyridine rings is 1. The molecule has 1 aliphatic heterocycles. The lowest BCUT2D eigenvalue weighted by Crippen LogP contribution is -2.53. The number of aliphatic hydroxyl groups excluding tert-OH is 1. The van der Waals surface area contributed by atoms with Crippen LogP contribution < -0.4 is 5.56 Å². The van der Waals surface area contributed by atoms with Gasteiger partial charge in [0.2, 0.25) is 0 Å². The number of aromatic nitrogens is 1. The quantitative estimate of drug-likeness (QED) is 0.657. The molecule has 1 aromatic rings. The largest absolute Gasteiger partial charge is 0.389 e. The number of carbonyl (C=O) groups excluding carboxylic acids is 1. The van der Waals surface area contributed by atoms with Crippen molar-refractivity contribution in [2.75, 3.05) is 13.1 Å². The number of hydrogen-bond donors (Lipinski definition) is 1. The number of hydrogen-bond acceptors (Lipinski definition) is 3. The first kappa shape index (κ1) is 9.92. The van der Waals surface area contributed by atoms with Gasteiger partial charge in [0.1, 0.15) is 0 Å². The fraction of sp³-hybridized carbons (Fsp3) is 0.400. The van der Waals surface area contributed by atoms with E-state index in [4.69, 9.17) is 5.11 Å². The SMILES string of the molecule is Cn1ccc(C(=O)N2CC(O)C2)cc1=O. The van der Waals surface area contributed by atoms with Gasteiger partial charge in [-0.25, -0.2) is 0 Å². The molecule has 2 heterocycles. The third-order valence-corrected chi connectivity index (χ3v) is 2.50. The third kappa shape index (κ3) is 1.78. The molecule has 5 heteroatoms. The van der Waals surface area contributed by atoms with Crippen LogP contribution in [-0.4, -0.2) is 39.7 Å². The monoisotopic (exact) mass is 208 g/mol. The van der Waals surface area contributed by atoms with Gasteiger partial charge in [0.05, 0.1) is 6.10 Å². The molecule has 1 N–H and O–H groups in total. The Kier molecular flexibility index (Phi) is 2.32. The van der Waals surface area contributed by atoms with Gasteiger partial charge in [0.15, 0.2) is 0 Å². The first-order chi connectivity index (χ1) is 7.08. The van der Waals surface area contributed by atoms with Crippen LogP contribution in [0, 0.1) is 0 Å². The summed E-state index contributed by atoms with van der Waals surface area (Å²) in [6.07, 6.45) is 1.15. The summed E-state index contributed by atoms with van der Waals surface area (Å²) < 4.78 is 1.40. The Morgan fingerprint density at radius 1 is 1.53 bits per heavy atom. The molecule has 1 amide bonds. The van der Waals surface area contributed by atoms with Crippen molar-refractivity contribution in [1.82, 2.24) is 9.47 Å². The van der Waals surface area contributed by atoms with E-state index >= 15 is 0 Å². The lowest BCUT2D eigenvalue weighted by Gasteiger charge is -2.35. The molecule has 0 bridgehead atoms. The molecule has 1 aromatic heterocycles. The number of nitrogens with zero attached hydrogens (tertiary/aromatic N) is 2.